The highest BCUT2D eigenvalue weighted by atomic mass is 19.3. The predicted molar refractivity (Wildman–Crippen MR) is 93.2 cm³/mol. The summed E-state index contributed by atoms with van der Waals surface area (Å²) in [5.41, 5.74) is -1.46. The fourth-order valence-electron chi connectivity index (χ4n) is 2.27. The van der Waals surface area contributed by atoms with Crippen LogP contribution >= 0.6 is 0 Å². The van der Waals surface area contributed by atoms with E-state index in [-0.39, 0.29) is 5.56 Å². The van der Waals surface area contributed by atoms with Gasteiger partial charge in [-0.25, -0.2) is 0 Å². The van der Waals surface area contributed by atoms with Crippen LogP contribution in [0.2, 0.25) is 0 Å². The van der Waals surface area contributed by atoms with Gasteiger partial charge in [0, 0.05) is 12.7 Å². The maximum Gasteiger partial charge on any atom is 0.341 e. The van der Waals surface area contributed by atoms with Crippen LogP contribution in [0.4, 0.5) is 8.78 Å². The van der Waals surface area contributed by atoms with Crippen LogP contribution in [-0.4, -0.2) is 31.5 Å². The molecule has 0 aliphatic rings. The maximum atomic E-state index is 14.9. The average molecular weight is 346 g/mol. The van der Waals surface area contributed by atoms with Crippen molar-refractivity contribution in [2.75, 3.05) is 14.2 Å². The molecule has 1 atom stereocenters. The number of Topliss-reactive ketones (excluding diaryl/α,β-unsaturated/α-hetero) is 1. The fourth-order valence-corrected chi connectivity index (χ4v) is 2.27. The molecule has 2 aromatic rings. The Kier molecular flexibility index (Phi) is 5.69. The number of ketones is 1. The van der Waals surface area contributed by atoms with Crippen molar-refractivity contribution in [1.29, 1.82) is 0 Å². The molecule has 0 saturated heterocycles. The molecule has 3 nitrogen and oxygen atoms in total. The number of carbonyl (C=O) groups is 1. The molecule has 0 amide bonds. The molecule has 2 aromatic carbocycles. The lowest BCUT2D eigenvalue weighted by atomic mass is 9.89. The van der Waals surface area contributed by atoms with Crippen LogP contribution in [0.3, 0.4) is 0 Å². The minimum Gasteiger partial charge on any atom is -0.497 e. The first-order valence-electron chi connectivity index (χ1n) is 7.70. The standard InChI is InChI=1S/C20H20F2O3/c1-19(25-3,14-13-15-7-5-4-6-8-15)20(21,22)18(23)16-9-11-17(24-2)12-10-16/h4-14H,1-3H3/b14-13+. The Morgan fingerprint density at radius 3 is 2.12 bits per heavy atom. The molecule has 0 spiro atoms. The van der Waals surface area contributed by atoms with Crippen LogP contribution in [-0.2, 0) is 4.74 Å². The lowest BCUT2D eigenvalue weighted by molar-refractivity contribution is -0.130. The van der Waals surface area contributed by atoms with Crippen molar-refractivity contribution in [2.24, 2.45) is 0 Å². The third kappa shape index (κ3) is 3.94. The molecule has 0 fully saturated rings. The van der Waals surface area contributed by atoms with E-state index in [2.05, 4.69) is 0 Å². The molecular formula is C20H20F2O3. The number of methoxy groups -OCH3 is 2. The van der Waals surface area contributed by atoms with Gasteiger partial charge in [0.05, 0.1) is 7.11 Å². The van der Waals surface area contributed by atoms with Gasteiger partial charge in [0.2, 0.25) is 5.78 Å². The van der Waals surface area contributed by atoms with E-state index in [0.29, 0.717) is 5.75 Å². The second kappa shape index (κ2) is 7.57. The molecule has 2 rings (SSSR count). The molecule has 0 radical (unpaired) electrons. The largest absolute Gasteiger partial charge is 0.497 e. The number of benzene rings is 2. The van der Waals surface area contributed by atoms with Gasteiger partial charge in [-0.2, -0.15) is 8.78 Å². The average Bonchev–Trinajstić information content (AvgIpc) is 2.66. The molecular weight excluding hydrogens is 326 g/mol. The van der Waals surface area contributed by atoms with Crippen molar-refractivity contribution in [3.63, 3.8) is 0 Å². The first-order valence-corrected chi connectivity index (χ1v) is 7.70. The smallest absolute Gasteiger partial charge is 0.341 e. The zero-order valence-corrected chi connectivity index (χ0v) is 14.3. The van der Waals surface area contributed by atoms with E-state index in [0.717, 1.165) is 12.7 Å². The summed E-state index contributed by atoms with van der Waals surface area (Å²) in [7, 11) is 2.62. The van der Waals surface area contributed by atoms with Gasteiger partial charge in [-0.15, -0.1) is 0 Å². The summed E-state index contributed by atoms with van der Waals surface area (Å²) in [6.07, 6.45) is 2.72. The van der Waals surface area contributed by atoms with Crippen LogP contribution in [0.5, 0.6) is 5.75 Å². The topological polar surface area (TPSA) is 35.5 Å². The van der Waals surface area contributed by atoms with E-state index >= 15 is 0 Å². The van der Waals surface area contributed by atoms with Crippen molar-refractivity contribution in [3.8, 4) is 5.75 Å². The minimum atomic E-state index is -3.75. The Hall–Kier alpha value is -2.53. The van der Waals surface area contributed by atoms with Crippen molar-refractivity contribution < 1.29 is 23.0 Å². The Morgan fingerprint density at radius 1 is 1.00 bits per heavy atom. The number of halogens is 2. The molecule has 25 heavy (non-hydrogen) atoms. The highest BCUT2D eigenvalue weighted by molar-refractivity contribution is 6.02. The second-order valence-corrected chi connectivity index (χ2v) is 5.69. The predicted octanol–water partition coefficient (Wildman–Crippen LogP) is 4.63. The zero-order valence-electron chi connectivity index (χ0n) is 14.3. The molecule has 0 aliphatic heterocycles. The first kappa shape index (κ1) is 18.8. The first-order chi connectivity index (χ1) is 11.8. The van der Waals surface area contributed by atoms with Gasteiger partial charge >= 0.3 is 5.92 Å². The number of rotatable bonds is 7. The number of carbonyl (C=O) groups excluding carboxylic acids is 1. The highest BCUT2D eigenvalue weighted by Crippen LogP contribution is 2.36. The number of alkyl halides is 2. The Morgan fingerprint density at radius 2 is 1.60 bits per heavy atom. The van der Waals surface area contributed by atoms with Gasteiger partial charge in [-0.05, 0) is 42.8 Å². The lowest BCUT2D eigenvalue weighted by Gasteiger charge is -2.32. The van der Waals surface area contributed by atoms with Crippen molar-refractivity contribution in [3.05, 3.63) is 71.8 Å². The number of hydrogen-bond acceptors (Lipinski definition) is 3. The summed E-state index contributed by atoms with van der Waals surface area (Å²) < 4.78 is 39.8. The molecule has 1 unspecified atom stereocenters. The summed E-state index contributed by atoms with van der Waals surface area (Å²) in [6, 6.07) is 14.5. The van der Waals surface area contributed by atoms with Crippen molar-refractivity contribution >= 4 is 11.9 Å². The van der Waals surface area contributed by atoms with E-state index in [4.69, 9.17) is 9.47 Å². The van der Waals surface area contributed by atoms with E-state index < -0.39 is 17.3 Å². The molecule has 0 N–H and O–H groups in total. The van der Waals surface area contributed by atoms with E-state index in [1.54, 1.807) is 24.3 Å². The quantitative estimate of drug-likeness (QED) is 0.686. The third-order valence-corrected chi connectivity index (χ3v) is 4.08. The fraction of sp³-hybridized carbons (Fsp3) is 0.250. The van der Waals surface area contributed by atoms with Crippen molar-refractivity contribution in [2.45, 2.75) is 18.4 Å². The van der Waals surface area contributed by atoms with Gasteiger partial charge in [-0.1, -0.05) is 36.4 Å². The second-order valence-electron chi connectivity index (χ2n) is 5.69. The van der Waals surface area contributed by atoms with E-state index in [1.165, 1.54) is 50.5 Å². The molecule has 5 heteroatoms. The normalized spacial score (nSPS) is 14.3. The van der Waals surface area contributed by atoms with Crippen LogP contribution in [0, 0.1) is 0 Å². The summed E-state index contributed by atoms with van der Waals surface area (Å²) in [6.45, 7) is 1.19. The lowest BCUT2D eigenvalue weighted by Crippen LogP contribution is -2.51. The van der Waals surface area contributed by atoms with Gasteiger partial charge in [-0.3, -0.25) is 4.79 Å². The monoisotopic (exact) mass is 346 g/mol. The van der Waals surface area contributed by atoms with E-state index in [1.807, 2.05) is 6.07 Å². The minimum absolute atomic E-state index is 0.109. The Labute approximate surface area is 145 Å². The van der Waals surface area contributed by atoms with Crippen LogP contribution in [0.1, 0.15) is 22.8 Å². The van der Waals surface area contributed by atoms with Crippen LogP contribution in [0.25, 0.3) is 6.08 Å². The maximum absolute atomic E-state index is 14.9. The summed E-state index contributed by atoms with van der Waals surface area (Å²) in [5, 5.41) is 0. The molecule has 0 saturated carbocycles. The molecule has 0 aromatic heterocycles. The van der Waals surface area contributed by atoms with Crippen molar-refractivity contribution in [1.82, 2.24) is 0 Å². The third-order valence-electron chi connectivity index (χ3n) is 4.08. The van der Waals surface area contributed by atoms with E-state index in [9.17, 15) is 13.6 Å². The number of ether oxygens (including phenoxy) is 2. The molecule has 0 bridgehead atoms. The Bertz CT molecular complexity index is 739. The SMILES string of the molecule is COc1ccc(C(=O)C(F)(F)C(C)(/C=C/c2ccccc2)OC)cc1. The Balaban J connectivity index is 2.31. The highest BCUT2D eigenvalue weighted by Gasteiger charge is 2.55. The molecule has 0 aliphatic carbocycles. The van der Waals surface area contributed by atoms with Crippen LogP contribution < -0.4 is 4.74 Å². The van der Waals surface area contributed by atoms with Gasteiger partial charge in [0.1, 0.15) is 5.75 Å². The number of hydrogen-bond donors (Lipinski definition) is 0. The molecule has 0 heterocycles. The van der Waals surface area contributed by atoms with Gasteiger partial charge in [0.25, 0.3) is 0 Å². The summed E-state index contributed by atoms with van der Waals surface area (Å²) in [4.78, 5) is 12.4. The van der Waals surface area contributed by atoms with Gasteiger partial charge in [0.15, 0.2) is 5.60 Å². The summed E-state index contributed by atoms with van der Waals surface area (Å²) >= 11 is 0. The van der Waals surface area contributed by atoms with Crippen LogP contribution in [0.15, 0.2) is 60.7 Å². The van der Waals surface area contributed by atoms with Gasteiger partial charge < -0.3 is 9.47 Å². The summed E-state index contributed by atoms with van der Waals surface area (Å²) in [5.74, 6) is -4.57. The molecule has 132 valence electrons. The zero-order chi connectivity index (χ0) is 18.5.